The third-order valence-corrected chi connectivity index (χ3v) is 2.72. The van der Waals surface area contributed by atoms with Crippen LogP contribution in [0.1, 0.15) is 53.4 Å². The quantitative estimate of drug-likeness (QED) is 0.497. The van der Waals surface area contributed by atoms with Crippen LogP contribution in [0.15, 0.2) is 0 Å². The molecule has 86 valence electrons. The summed E-state index contributed by atoms with van der Waals surface area (Å²) in [5.74, 6) is 2.96. The molecule has 0 spiro atoms. The predicted molar refractivity (Wildman–Crippen MR) is 62.3 cm³/mol. The third kappa shape index (κ3) is 6.17. The molecule has 2 heteroatoms. The highest BCUT2D eigenvalue weighted by Crippen LogP contribution is 2.21. The molecule has 0 aromatic rings. The van der Waals surface area contributed by atoms with E-state index in [-0.39, 0.29) is 5.97 Å². The molecule has 0 heterocycles. The van der Waals surface area contributed by atoms with Gasteiger partial charge in [0, 0.05) is 6.92 Å². The minimum atomic E-state index is -0.723. The van der Waals surface area contributed by atoms with E-state index in [0.29, 0.717) is 5.92 Å². The van der Waals surface area contributed by atoms with E-state index >= 15 is 0 Å². The SMILES string of the molecule is C#C[C@@](C)(CCC[C@H](C)CC)OC(C)=O. The fraction of sp³-hybridized carbons (Fsp3) is 0.769. The Hall–Kier alpha value is -0.970. The van der Waals surface area contributed by atoms with Crippen LogP contribution in [0, 0.1) is 18.3 Å². The van der Waals surface area contributed by atoms with Crippen molar-refractivity contribution in [2.45, 2.75) is 59.0 Å². The molecule has 0 aliphatic rings. The van der Waals surface area contributed by atoms with Crippen molar-refractivity contribution in [3.05, 3.63) is 0 Å². The van der Waals surface area contributed by atoms with Gasteiger partial charge in [-0.1, -0.05) is 32.6 Å². The number of carbonyl (C=O) groups excluding carboxylic acids is 1. The summed E-state index contributed by atoms with van der Waals surface area (Å²) in [6.07, 6.45) is 9.44. The lowest BCUT2D eigenvalue weighted by Gasteiger charge is -2.23. The fourth-order valence-electron chi connectivity index (χ4n) is 1.46. The summed E-state index contributed by atoms with van der Waals surface area (Å²) in [5, 5.41) is 0. The summed E-state index contributed by atoms with van der Waals surface area (Å²) in [6, 6.07) is 0. The van der Waals surface area contributed by atoms with Gasteiger partial charge in [0.1, 0.15) is 0 Å². The zero-order valence-electron chi connectivity index (χ0n) is 10.3. The van der Waals surface area contributed by atoms with Crippen molar-refractivity contribution in [2.75, 3.05) is 0 Å². The molecule has 0 bridgehead atoms. The second-order valence-electron chi connectivity index (χ2n) is 4.37. The van der Waals surface area contributed by atoms with E-state index < -0.39 is 5.60 Å². The van der Waals surface area contributed by atoms with Crippen molar-refractivity contribution in [2.24, 2.45) is 5.92 Å². The normalized spacial score (nSPS) is 16.2. The Morgan fingerprint density at radius 2 is 2.20 bits per heavy atom. The van der Waals surface area contributed by atoms with Crippen molar-refractivity contribution in [1.29, 1.82) is 0 Å². The van der Waals surface area contributed by atoms with Gasteiger partial charge in [0.25, 0.3) is 0 Å². The maximum absolute atomic E-state index is 10.9. The van der Waals surface area contributed by atoms with Gasteiger partial charge in [0.05, 0.1) is 0 Å². The van der Waals surface area contributed by atoms with Crippen LogP contribution in [-0.4, -0.2) is 11.6 Å². The summed E-state index contributed by atoms with van der Waals surface area (Å²) < 4.78 is 5.13. The van der Waals surface area contributed by atoms with Gasteiger partial charge in [-0.2, -0.15) is 0 Å². The first-order chi connectivity index (χ1) is 6.93. The van der Waals surface area contributed by atoms with Gasteiger partial charge in [-0.25, -0.2) is 0 Å². The first-order valence-corrected chi connectivity index (χ1v) is 5.61. The molecule has 0 radical (unpaired) electrons. The van der Waals surface area contributed by atoms with Crippen LogP contribution < -0.4 is 0 Å². The molecule has 2 atom stereocenters. The molecule has 0 aromatic heterocycles. The van der Waals surface area contributed by atoms with E-state index in [1.807, 2.05) is 0 Å². The molecule has 15 heavy (non-hydrogen) atoms. The molecular formula is C13H22O2. The van der Waals surface area contributed by atoms with Gasteiger partial charge >= 0.3 is 5.97 Å². The number of carbonyl (C=O) groups is 1. The zero-order valence-corrected chi connectivity index (χ0v) is 10.3. The summed E-state index contributed by atoms with van der Waals surface area (Å²) in [7, 11) is 0. The van der Waals surface area contributed by atoms with Crippen LogP contribution in [-0.2, 0) is 9.53 Å². The van der Waals surface area contributed by atoms with Gasteiger partial charge in [-0.05, 0) is 25.7 Å². The Kier molecular flexibility index (Phi) is 6.08. The first kappa shape index (κ1) is 14.0. The van der Waals surface area contributed by atoms with Crippen LogP contribution >= 0.6 is 0 Å². The number of ether oxygens (including phenoxy) is 1. The summed E-state index contributed by atoms with van der Waals surface area (Å²) in [4.78, 5) is 10.9. The summed E-state index contributed by atoms with van der Waals surface area (Å²) >= 11 is 0. The highest BCUT2D eigenvalue weighted by molar-refractivity contribution is 5.67. The topological polar surface area (TPSA) is 26.3 Å². The lowest BCUT2D eigenvalue weighted by molar-refractivity contribution is -0.150. The Balaban J connectivity index is 4.00. The second kappa shape index (κ2) is 6.50. The van der Waals surface area contributed by atoms with Gasteiger partial charge in [0.2, 0.25) is 0 Å². The van der Waals surface area contributed by atoms with E-state index in [1.165, 1.54) is 13.3 Å². The maximum Gasteiger partial charge on any atom is 0.304 e. The smallest absolute Gasteiger partial charge is 0.304 e. The van der Waals surface area contributed by atoms with E-state index in [2.05, 4.69) is 19.8 Å². The van der Waals surface area contributed by atoms with E-state index in [0.717, 1.165) is 19.3 Å². The third-order valence-electron chi connectivity index (χ3n) is 2.72. The molecule has 0 amide bonds. The Labute approximate surface area is 93.4 Å². The van der Waals surface area contributed by atoms with Crippen molar-refractivity contribution >= 4 is 5.97 Å². The molecule has 0 fully saturated rings. The molecular weight excluding hydrogens is 188 g/mol. The molecule has 0 N–H and O–H groups in total. The minimum absolute atomic E-state index is 0.306. The highest BCUT2D eigenvalue weighted by Gasteiger charge is 2.24. The van der Waals surface area contributed by atoms with Gasteiger partial charge < -0.3 is 4.74 Å². The van der Waals surface area contributed by atoms with Crippen LogP contribution in [0.5, 0.6) is 0 Å². The van der Waals surface area contributed by atoms with Crippen molar-refractivity contribution in [3.63, 3.8) is 0 Å². The monoisotopic (exact) mass is 210 g/mol. The molecule has 0 aliphatic heterocycles. The van der Waals surface area contributed by atoms with Crippen LogP contribution in [0.3, 0.4) is 0 Å². The lowest BCUT2D eigenvalue weighted by atomic mass is 9.94. The molecule has 0 aliphatic carbocycles. The molecule has 0 saturated heterocycles. The van der Waals surface area contributed by atoms with Crippen molar-refractivity contribution < 1.29 is 9.53 Å². The Morgan fingerprint density at radius 1 is 1.60 bits per heavy atom. The molecule has 2 nitrogen and oxygen atoms in total. The maximum atomic E-state index is 10.9. The van der Waals surface area contributed by atoms with E-state index in [4.69, 9.17) is 11.2 Å². The molecule has 0 rings (SSSR count). The molecule has 0 unspecified atom stereocenters. The second-order valence-corrected chi connectivity index (χ2v) is 4.37. The predicted octanol–water partition coefficient (Wildman–Crippen LogP) is 3.16. The molecule has 0 aromatic carbocycles. The number of hydrogen-bond acceptors (Lipinski definition) is 2. The Bertz CT molecular complexity index is 239. The first-order valence-electron chi connectivity index (χ1n) is 5.61. The van der Waals surface area contributed by atoms with Gasteiger partial charge in [-0.15, -0.1) is 6.42 Å². The zero-order chi connectivity index (χ0) is 11.9. The van der Waals surface area contributed by atoms with Crippen molar-refractivity contribution in [1.82, 2.24) is 0 Å². The van der Waals surface area contributed by atoms with Crippen LogP contribution in [0.25, 0.3) is 0 Å². The number of esters is 1. The minimum Gasteiger partial charge on any atom is -0.446 e. The molecule has 0 saturated carbocycles. The number of terminal acetylenes is 1. The standard InChI is InChI=1S/C13H22O2/c1-6-11(3)9-8-10-13(5,7-2)15-12(4)14/h2,11H,6,8-10H2,1,3-5H3/t11-,13+/m1/s1. The van der Waals surface area contributed by atoms with E-state index in [1.54, 1.807) is 6.92 Å². The summed E-state index contributed by atoms with van der Waals surface area (Å²) in [5.41, 5.74) is -0.723. The van der Waals surface area contributed by atoms with Crippen LogP contribution in [0.4, 0.5) is 0 Å². The lowest BCUT2D eigenvalue weighted by Crippen LogP contribution is -2.29. The van der Waals surface area contributed by atoms with E-state index in [9.17, 15) is 4.79 Å². The fourth-order valence-corrected chi connectivity index (χ4v) is 1.46. The Morgan fingerprint density at radius 3 is 2.60 bits per heavy atom. The number of hydrogen-bond donors (Lipinski definition) is 0. The average Bonchev–Trinajstić information content (AvgIpc) is 2.16. The highest BCUT2D eigenvalue weighted by atomic mass is 16.6. The van der Waals surface area contributed by atoms with Gasteiger partial charge in [0.15, 0.2) is 5.60 Å². The van der Waals surface area contributed by atoms with Crippen molar-refractivity contribution in [3.8, 4) is 12.3 Å². The number of rotatable bonds is 6. The summed E-state index contributed by atoms with van der Waals surface area (Å²) in [6.45, 7) is 7.59. The van der Waals surface area contributed by atoms with Crippen LogP contribution in [0.2, 0.25) is 0 Å². The average molecular weight is 210 g/mol. The largest absolute Gasteiger partial charge is 0.446 e. The van der Waals surface area contributed by atoms with Gasteiger partial charge in [-0.3, -0.25) is 4.79 Å².